The number of urea groups is 1. The van der Waals surface area contributed by atoms with Crippen molar-refractivity contribution in [2.24, 2.45) is 0 Å². The second-order valence-corrected chi connectivity index (χ2v) is 8.59. The Hall–Kier alpha value is -3.25. The maximum absolute atomic E-state index is 13.5. The molecular formula is C27H28F2N2O2. The summed E-state index contributed by atoms with van der Waals surface area (Å²) < 4.78 is 26.7. The lowest BCUT2D eigenvalue weighted by molar-refractivity contribution is 0.117. The molecule has 2 amide bonds. The molecule has 3 aromatic carbocycles. The predicted molar refractivity (Wildman–Crippen MR) is 125 cm³/mol. The molecule has 2 N–H and O–H groups in total. The molecule has 6 heteroatoms. The van der Waals surface area contributed by atoms with E-state index in [0.717, 1.165) is 22.3 Å². The number of rotatable bonds is 7. The van der Waals surface area contributed by atoms with Gasteiger partial charge in [0, 0.05) is 13.2 Å². The van der Waals surface area contributed by atoms with Crippen molar-refractivity contribution < 1.29 is 18.7 Å². The van der Waals surface area contributed by atoms with Crippen molar-refractivity contribution in [3.63, 3.8) is 0 Å². The van der Waals surface area contributed by atoms with E-state index < -0.39 is 5.54 Å². The molecule has 0 aromatic heterocycles. The summed E-state index contributed by atoms with van der Waals surface area (Å²) in [6.07, 6.45) is 1.77. The van der Waals surface area contributed by atoms with Crippen LogP contribution in [0, 0.1) is 11.6 Å². The van der Waals surface area contributed by atoms with E-state index in [-0.39, 0.29) is 30.3 Å². The first-order valence-corrected chi connectivity index (χ1v) is 11.2. The number of aliphatic hydroxyl groups is 1. The molecule has 0 bridgehead atoms. The maximum atomic E-state index is 13.5. The number of hydrogen-bond acceptors (Lipinski definition) is 2. The molecule has 1 fully saturated rings. The third-order valence-electron chi connectivity index (χ3n) is 6.58. The van der Waals surface area contributed by atoms with Crippen LogP contribution in [-0.2, 0) is 5.54 Å². The Morgan fingerprint density at radius 2 is 1.48 bits per heavy atom. The Morgan fingerprint density at radius 1 is 0.939 bits per heavy atom. The molecule has 0 aliphatic carbocycles. The number of benzene rings is 3. The summed E-state index contributed by atoms with van der Waals surface area (Å²) in [5.74, 6) is -0.590. The molecule has 1 aliphatic heterocycles. The van der Waals surface area contributed by atoms with E-state index in [1.54, 1.807) is 29.2 Å². The van der Waals surface area contributed by atoms with Gasteiger partial charge in [-0.05, 0) is 72.7 Å². The second kappa shape index (κ2) is 9.71. The van der Waals surface area contributed by atoms with Crippen molar-refractivity contribution in [2.45, 2.75) is 37.8 Å². The first-order valence-electron chi connectivity index (χ1n) is 11.2. The third kappa shape index (κ3) is 4.91. The number of hydrogen-bond donors (Lipinski definition) is 2. The Kier molecular flexibility index (Phi) is 6.75. The highest BCUT2D eigenvalue weighted by Crippen LogP contribution is 2.36. The van der Waals surface area contributed by atoms with Gasteiger partial charge in [-0.2, -0.15) is 0 Å². The van der Waals surface area contributed by atoms with Crippen molar-refractivity contribution in [2.75, 3.05) is 13.2 Å². The van der Waals surface area contributed by atoms with Crippen LogP contribution < -0.4 is 5.32 Å². The molecule has 2 atom stereocenters. The van der Waals surface area contributed by atoms with Crippen LogP contribution in [0.15, 0.2) is 72.8 Å². The van der Waals surface area contributed by atoms with Gasteiger partial charge in [0.1, 0.15) is 11.6 Å². The zero-order chi connectivity index (χ0) is 23.4. The average molecular weight is 451 g/mol. The molecule has 0 saturated carbocycles. The van der Waals surface area contributed by atoms with Gasteiger partial charge in [-0.3, -0.25) is 0 Å². The van der Waals surface area contributed by atoms with Crippen molar-refractivity contribution in [1.82, 2.24) is 10.2 Å². The van der Waals surface area contributed by atoms with Gasteiger partial charge in [-0.1, -0.05) is 48.5 Å². The van der Waals surface area contributed by atoms with E-state index in [0.29, 0.717) is 25.8 Å². The van der Waals surface area contributed by atoms with Crippen LogP contribution in [0.1, 0.15) is 43.4 Å². The van der Waals surface area contributed by atoms with Crippen molar-refractivity contribution >= 4 is 6.03 Å². The normalized spacial score (nSPS) is 19.3. The number of amides is 2. The van der Waals surface area contributed by atoms with E-state index in [1.165, 1.54) is 24.3 Å². The lowest BCUT2D eigenvalue weighted by Crippen LogP contribution is -2.58. The minimum atomic E-state index is -0.629. The number of nitrogens with one attached hydrogen (secondary N) is 1. The molecular weight excluding hydrogens is 422 g/mol. The Labute approximate surface area is 192 Å². The SMILES string of the molecule is C[C@@H](c1ccc(-c2ccc(F)cc2)cc1)N1CCC(CCCO)(c2ccc(F)cc2)NC1=O. The van der Waals surface area contributed by atoms with Crippen molar-refractivity contribution in [3.05, 3.63) is 95.6 Å². The molecule has 0 radical (unpaired) electrons. The highest BCUT2D eigenvalue weighted by Gasteiger charge is 2.40. The largest absolute Gasteiger partial charge is 0.396 e. The van der Waals surface area contributed by atoms with Crippen LogP contribution in [0.3, 0.4) is 0 Å². The molecule has 33 heavy (non-hydrogen) atoms. The molecule has 0 spiro atoms. The quantitative estimate of drug-likeness (QED) is 0.480. The Morgan fingerprint density at radius 3 is 2.03 bits per heavy atom. The molecule has 1 heterocycles. The zero-order valence-electron chi connectivity index (χ0n) is 18.6. The number of halogens is 2. The van der Waals surface area contributed by atoms with Gasteiger partial charge < -0.3 is 15.3 Å². The van der Waals surface area contributed by atoms with Gasteiger partial charge in [0.25, 0.3) is 0 Å². The first-order chi connectivity index (χ1) is 15.9. The summed E-state index contributed by atoms with van der Waals surface area (Å²) in [5, 5.41) is 12.5. The average Bonchev–Trinajstić information content (AvgIpc) is 2.83. The van der Waals surface area contributed by atoms with Gasteiger partial charge >= 0.3 is 6.03 Å². The van der Waals surface area contributed by atoms with Crippen LogP contribution in [0.4, 0.5) is 13.6 Å². The van der Waals surface area contributed by atoms with E-state index in [2.05, 4.69) is 5.32 Å². The molecule has 1 unspecified atom stereocenters. The van der Waals surface area contributed by atoms with Crippen LogP contribution in [0.2, 0.25) is 0 Å². The van der Waals surface area contributed by atoms with Gasteiger partial charge in [0.05, 0.1) is 11.6 Å². The summed E-state index contributed by atoms with van der Waals surface area (Å²) >= 11 is 0. The summed E-state index contributed by atoms with van der Waals surface area (Å²) in [6.45, 7) is 2.56. The first kappa shape index (κ1) is 22.9. The number of aliphatic hydroxyl groups excluding tert-OH is 1. The van der Waals surface area contributed by atoms with Crippen LogP contribution in [0.5, 0.6) is 0 Å². The fourth-order valence-electron chi connectivity index (χ4n) is 4.60. The van der Waals surface area contributed by atoms with E-state index >= 15 is 0 Å². The Bertz CT molecular complexity index is 1080. The lowest BCUT2D eigenvalue weighted by Gasteiger charge is -2.45. The summed E-state index contributed by atoms with van der Waals surface area (Å²) in [4.78, 5) is 15.0. The zero-order valence-corrected chi connectivity index (χ0v) is 18.6. The minimum absolute atomic E-state index is 0.0271. The van der Waals surface area contributed by atoms with Crippen LogP contribution in [0.25, 0.3) is 11.1 Å². The van der Waals surface area contributed by atoms with E-state index in [4.69, 9.17) is 0 Å². The molecule has 4 rings (SSSR count). The lowest BCUT2D eigenvalue weighted by atomic mass is 9.81. The monoisotopic (exact) mass is 450 g/mol. The minimum Gasteiger partial charge on any atom is -0.396 e. The molecule has 1 saturated heterocycles. The summed E-state index contributed by atoms with van der Waals surface area (Å²) in [6, 6.07) is 20.2. The smallest absolute Gasteiger partial charge is 0.318 e. The van der Waals surface area contributed by atoms with Crippen molar-refractivity contribution in [1.29, 1.82) is 0 Å². The third-order valence-corrected chi connectivity index (χ3v) is 6.58. The van der Waals surface area contributed by atoms with Gasteiger partial charge in [0.2, 0.25) is 0 Å². The highest BCUT2D eigenvalue weighted by atomic mass is 19.1. The molecule has 172 valence electrons. The van der Waals surface area contributed by atoms with E-state index in [9.17, 15) is 18.7 Å². The number of nitrogens with zero attached hydrogens (tertiary/aromatic N) is 1. The Balaban J connectivity index is 1.50. The maximum Gasteiger partial charge on any atom is 0.318 e. The fraction of sp³-hybridized carbons (Fsp3) is 0.296. The fourth-order valence-corrected chi connectivity index (χ4v) is 4.60. The van der Waals surface area contributed by atoms with Crippen molar-refractivity contribution in [3.8, 4) is 11.1 Å². The molecule has 3 aromatic rings. The van der Waals surface area contributed by atoms with Gasteiger partial charge in [-0.25, -0.2) is 13.6 Å². The second-order valence-electron chi connectivity index (χ2n) is 8.59. The molecule has 1 aliphatic rings. The topological polar surface area (TPSA) is 52.6 Å². The summed E-state index contributed by atoms with van der Waals surface area (Å²) in [5.41, 5.74) is 3.13. The van der Waals surface area contributed by atoms with Crippen LogP contribution >= 0.6 is 0 Å². The predicted octanol–water partition coefficient (Wildman–Crippen LogP) is 5.78. The van der Waals surface area contributed by atoms with Gasteiger partial charge in [-0.15, -0.1) is 0 Å². The number of carbonyl (C=O) groups is 1. The summed E-state index contributed by atoms with van der Waals surface area (Å²) in [7, 11) is 0. The van der Waals surface area contributed by atoms with Crippen LogP contribution in [-0.4, -0.2) is 29.2 Å². The van der Waals surface area contributed by atoms with Gasteiger partial charge in [0.15, 0.2) is 0 Å². The molecule has 4 nitrogen and oxygen atoms in total. The number of carbonyl (C=O) groups excluding carboxylic acids is 1. The standard InChI is InChI=1S/C27H28F2N2O2/c1-19(20-3-5-21(6-4-20)22-7-11-24(28)12-8-22)31-17-16-27(15-2-18-32,30-26(31)33)23-9-13-25(29)14-10-23/h3-14,19,32H,2,15-18H2,1H3,(H,30,33)/t19-,27?/m0/s1. The van der Waals surface area contributed by atoms with E-state index in [1.807, 2.05) is 31.2 Å². The highest BCUT2D eigenvalue weighted by molar-refractivity contribution is 5.77.